The SMILES string of the molecule is CCCN(Cc1ccccc1)Cc1nc2cc(C(=O)OC)ccc2c(=O)[nH]1. The normalized spacial score (nSPS) is 11.1. The number of H-pyrrole nitrogens is 1. The van der Waals surface area contributed by atoms with E-state index >= 15 is 0 Å². The van der Waals surface area contributed by atoms with Crippen LogP contribution >= 0.6 is 0 Å². The number of fused-ring (bicyclic) bond motifs is 1. The number of hydrogen-bond donors (Lipinski definition) is 1. The van der Waals surface area contributed by atoms with Crippen LogP contribution in [0.25, 0.3) is 10.9 Å². The van der Waals surface area contributed by atoms with E-state index in [2.05, 4.69) is 33.9 Å². The number of carbonyl (C=O) groups is 1. The molecule has 0 fully saturated rings. The Morgan fingerprint density at radius 3 is 2.63 bits per heavy atom. The lowest BCUT2D eigenvalue weighted by atomic mass is 10.1. The maximum absolute atomic E-state index is 12.4. The highest BCUT2D eigenvalue weighted by atomic mass is 16.5. The summed E-state index contributed by atoms with van der Waals surface area (Å²) in [4.78, 5) is 33.8. The third kappa shape index (κ3) is 4.60. The van der Waals surface area contributed by atoms with Crippen LogP contribution in [0.4, 0.5) is 0 Å². The van der Waals surface area contributed by atoms with E-state index in [0.717, 1.165) is 19.5 Å². The van der Waals surface area contributed by atoms with Gasteiger partial charge in [0.1, 0.15) is 5.82 Å². The molecule has 6 nitrogen and oxygen atoms in total. The van der Waals surface area contributed by atoms with Crippen LogP contribution in [-0.2, 0) is 17.8 Å². The van der Waals surface area contributed by atoms with Crippen molar-refractivity contribution in [3.8, 4) is 0 Å². The van der Waals surface area contributed by atoms with Gasteiger partial charge in [0.2, 0.25) is 0 Å². The standard InChI is InChI=1S/C21H23N3O3/c1-3-11-24(13-15-7-5-4-6-8-15)14-19-22-18-12-16(21(26)27-2)9-10-17(18)20(25)23-19/h4-10,12H,3,11,13-14H2,1-2H3,(H,22,23,25). The fraction of sp³-hybridized carbons (Fsp3) is 0.286. The van der Waals surface area contributed by atoms with E-state index in [9.17, 15) is 9.59 Å². The molecule has 1 N–H and O–H groups in total. The minimum atomic E-state index is -0.447. The van der Waals surface area contributed by atoms with E-state index in [4.69, 9.17) is 4.74 Å². The molecule has 0 radical (unpaired) electrons. The molecule has 0 aliphatic carbocycles. The summed E-state index contributed by atoms with van der Waals surface area (Å²) in [5, 5.41) is 0.455. The van der Waals surface area contributed by atoms with Crippen molar-refractivity contribution in [2.75, 3.05) is 13.7 Å². The molecule has 0 aliphatic heterocycles. The van der Waals surface area contributed by atoms with Gasteiger partial charge in [0, 0.05) is 6.54 Å². The van der Waals surface area contributed by atoms with Crippen LogP contribution in [0.2, 0.25) is 0 Å². The highest BCUT2D eigenvalue weighted by Gasteiger charge is 2.12. The highest BCUT2D eigenvalue weighted by molar-refractivity contribution is 5.93. The molecule has 0 saturated heterocycles. The van der Waals surface area contributed by atoms with Crippen molar-refractivity contribution in [3.63, 3.8) is 0 Å². The second-order valence-electron chi connectivity index (χ2n) is 6.43. The molecule has 140 valence electrons. The van der Waals surface area contributed by atoms with Gasteiger partial charge >= 0.3 is 5.97 Å². The molecule has 0 saturated carbocycles. The first-order valence-corrected chi connectivity index (χ1v) is 8.98. The third-order valence-electron chi connectivity index (χ3n) is 4.34. The zero-order valence-corrected chi connectivity index (χ0v) is 15.6. The number of methoxy groups -OCH3 is 1. The number of ether oxygens (including phenoxy) is 1. The van der Waals surface area contributed by atoms with E-state index in [1.54, 1.807) is 18.2 Å². The third-order valence-corrected chi connectivity index (χ3v) is 4.34. The second-order valence-corrected chi connectivity index (χ2v) is 6.43. The number of nitrogens with zero attached hydrogens (tertiary/aromatic N) is 2. The fourth-order valence-corrected chi connectivity index (χ4v) is 3.09. The summed E-state index contributed by atoms with van der Waals surface area (Å²) in [6.45, 7) is 4.31. The Morgan fingerprint density at radius 1 is 1.15 bits per heavy atom. The zero-order valence-electron chi connectivity index (χ0n) is 15.6. The molecule has 0 aliphatic rings. The van der Waals surface area contributed by atoms with Gasteiger partial charge in [-0.15, -0.1) is 0 Å². The van der Waals surface area contributed by atoms with Crippen LogP contribution in [0, 0.1) is 0 Å². The fourth-order valence-electron chi connectivity index (χ4n) is 3.09. The quantitative estimate of drug-likeness (QED) is 0.651. The highest BCUT2D eigenvalue weighted by Crippen LogP contribution is 2.13. The van der Waals surface area contributed by atoms with Crippen LogP contribution < -0.4 is 5.56 Å². The van der Waals surface area contributed by atoms with Crippen molar-refractivity contribution in [1.29, 1.82) is 0 Å². The molecular weight excluding hydrogens is 342 g/mol. The molecular formula is C21H23N3O3. The average molecular weight is 365 g/mol. The molecule has 0 bridgehead atoms. The van der Waals surface area contributed by atoms with Crippen molar-refractivity contribution < 1.29 is 9.53 Å². The van der Waals surface area contributed by atoms with E-state index in [1.807, 2.05) is 18.2 Å². The predicted molar refractivity (Wildman–Crippen MR) is 105 cm³/mol. The minimum Gasteiger partial charge on any atom is -0.465 e. The van der Waals surface area contributed by atoms with Gasteiger partial charge in [0.25, 0.3) is 5.56 Å². The summed E-state index contributed by atoms with van der Waals surface area (Å²) in [6.07, 6.45) is 0.997. The summed E-state index contributed by atoms with van der Waals surface area (Å²) in [6, 6.07) is 15.0. The molecule has 0 atom stereocenters. The number of benzene rings is 2. The zero-order chi connectivity index (χ0) is 19.2. The Labute approximate surface area is 157 Å². The Hall–Kier alpha value is -2.99. The van der Waals surface area contributed by atoms with Gasteiger partial charge in [-0.2, -0.15) is 0 Å². The monoisotopic (exact) mass is 365 g/mol. The van der Waals surface area contributed by atoms with E-state index in [-0.39, 0.29) is 5.56 Å². The van der Waals surface area contributed by atoms with E-state index in [0.29, 0.717) is 28.8 Å². The number of hydrogen-bond acceptors (Lipinski definition) is 5. The van der Waals surface area contributed by atoms with E-state index in [1.165, 1.54) is 12.7 Å². The average Bonchev–Trinajstić information content (AvgIpc) is 2.68. The van der Waals surface area contributed by atoms with Gasteiger partial charge in [-0.1, -0.05) is 37.3 Å². The van der Waals surface area contributed by atoms with Gasteiger partial charge in [0.15, 0.2) is 0 Å². The van der Waals surface area contributed by atoms with Gasteiger partial charge < -0.3 is 9.72 Å². The minimum absolute atomic E-state index is 0.206. The molecule has 2 aromatic carbocycles. The first-order valence-electron chi connectivity index (χ1n) is 8.98. The van der Waals surface area contributed by atoms with Crippen molar-refractivity contribution in [1.82, 2.24) is 14.9 Å². The number of nitrogens with one attached hydrogen (secondary N) is 1. The summed E-state index contributed by atoms with van der Waals surface area (Å²) in [5.41, 5.74) is 1.88. The predicted octanol–water partition coefficient (Wildman–Crippen LogP) is 3.12. The number of aromatic amines is 1. The van der Waals surface area contributed by atoms with Gasteiger partial charge in [-0.05, 0) is 36.7 Å². The number of aromatic nitrogens is 2. The molecule has 3 rings (SSSR count). The van der Waals surface area contributed by atoms with Crippen LogP contribution in [0.15, 0.2) is 53.3 Å². The van der Waals surface area contributed by atoms with Crippen molar-refractivity contribution >= 4 is 16.9 Å². The Kier molecular flexibility index (Phi) is 5.98. The van der Waals surface area contributed by atoms with Gasteiger partial charge in [-0.3, -0.25) is 9.69 Å². The van der Waals surface area contributed by atoms with Gasteiger partial charge in [-0.25, -0.2) is 9.78 Å². The van der Waals surface area contributed by atoms with Crippen molar-refractivity contribution in [2.24, 2.45) is 0 Å². The smallest absolute Gasteiger partial charge is 0.337 e. The summed E-state index contributed by atoms with van der Waals surface area (Å²) >= 11 is 0. The van der Waals surface area contributed by atoms with Crippen molar-refractivity contribution in [3.05, 3.63) is 75.8 Å². The summed E-state index contributed by atoms with van der Waals surface area (Å²) in [5.74, 6) is 0.135. The van der Waals surface area contributed by atoms with Crippen LogP contribution in [-0.4, -0.2) is 34.5 Å². The van der Waals surface area contributed by atoms with Crippen LogP contribution in [0.5, 0.6) is 0 Å². The molecule has 0 spiro atoms. The Morgan fingerprint density at radius 2 is 1.93 bits per heavy atom. The molecule has 1 aromatic heterocycles. The Balaban J connectivity index is 1.89. The maximum atomic E-state index is 12.4. The maximum Gasteiger partial charge on any atom is 0.337 e. The Bertz CT molecular complexity index is 983. The number of esters is 1. The molecule has 0 unspecified atom stereocenters. The van der Waals surface area contributed by atoms with Gasteiger partial charge in [0.05, 0.1) is 30.1 Å². The molecule has 3 aromatic rings. The van der Waals surface area contributed by atoms with E-state index < -0.39 is 5.97 Å². The number of rotatable bonds is 7. The first-order chi connectivity index (χ1) is 13.1. The second kappa shape index (κ2) is 8.60. The topological polar surface area (TPSA) is 75.3 Å². The van der Waals surface area contributed by atoms with Crippen LogP contribution in [0.3, 0.4) is 0 Å². The summed E-state index contributed by atoms with van der Waals surface area (Å²) < 4.78 is 4.75. The molecule has 27 heavy (non-hydrogen) atoms. The van der Waals surface area contributed by atoms with Crippen molar-refractivity contribution in [2.45, 2.75) is 26.4 Å². The lowest BCUT2D eigenvalue weighted by Gasteiger charge is -2.21. The summed E-state index contributed by atoms with van der Waals surface area (Å²) in [7, 11) is 1.33. The first kappa shape index (κ1) is 18.8. The lowest BCUT2D eigenvalue weighted by Crippen LogP contribution is -2.26. The molecule has 1 heterocycles. The van der Waals surface area contributed by atoms with Crippen LogP contribution in [0.1, 0.15) is 35.1 Å². The molecule has 6 heteroatoms. The number of carbonyl (C=O) groups excluding carboxylic acids is 1. The lowest BCUT2D eigenvalue weighted by molar-refractivity contribution is 0.0601. The largest absolute Gasteiger partial charge is 0.465 e. The molecule has 0 amide bonds.